The second-order valence-corrected chi connectivity index (χ2v) is 2.89. The van der Waals surface area contributed by atoms with Crippen LogP contribution in [0.5, 0.6) is 0 Å². The smallest absolute Gasteiger partial charge is 0.224 e. The summed E-state index contributed by atoms with van der Waals surface area (Å²) >= 11 is 0. The third kappa shape index (κ3) is 1.11. The molecule has 0 radical (unpaired) electrons. The molecule has 3 aromatic heterocycles. The fraction of sp³-hybridized carbons (Fsp3) is 0. The predicted octanol–water partition coefficient (Wildman–Crippen LogP) is -0.508. The number of nitrogens with zero attached hydrogens (tertiary/aromatic N) is 6. The van der Waals surface area contributed by atoms with Crippen LogP contribution in [0.4, 0.5) is 5.95 Å². The molecule has 3 aromatic rings. The Kier molecular flexibility index (Phi) is 1.43. The standard InChI is InChI=1S/C7H6N8/c8-7-9-2-1-5-10-4(3-15(5)7)6-11-13-14-12-6/h1-3H,(H2,8,9)(H,11,12,13,14). The van der Waals surface area contributed by atoms with Crippen molar-refractivity contribution < 1.29 is 0 Å². The van der Waals surface area contributed by atoms with E-state index in [0.29, 0.717) is 23.1 Å². The fourth-order valence-electron chi connectivity index (χ4n) is 1.32. The van der Waals surface area contributed by atoms with Gasteiger partial charge in [0.05, 0.1) is 0 Å². The van der Waals surface area contributed by atoms with Crippen molar-refractivity contribution in [2.24, 2.45) is 0 Å². The molecule has 0 saturated heterocycles. The van der Waals surface area contributed by atoms with Crippen LogP contribution >= 0.6 is 0 Å². The molecule has 0 aromatic carbocycles. The maximum atomic E-state index is 5.67. The van der Waals surface area contributed by atoms with E-state index in [-0.39, 0.29) is 0 Å². The van der Waals surface area contributed by atoms with E-state index in [4.69, 9.17) is 5.73 Å². The van der Waals surface area contributed by atoms with E-state index in [2.05, 4.69) is 30.6 Å². The van der Waals surface area contributed by atoms with Crippen LogP contribution in [-0.2, 0) is 0 Å². The zero-order valence-electron chi connectivity index (χ0n) is 7.49. The summed E-state index contributed by atoms with van der Waals surface area (Å²) in [5.41, 5.74) is 6.97. The van der Waals surface area contributed by atoms with Gasteiger partial charge in [-0.2, -0.15) is 5.21 Å². The molecule has 3 rings (SSSR count). The number of hydrogen-bond donors (Lipinski definition) is 2. The van der Waals surface area contributed by atoms with Crippen LogP contribution in [0.3, 0.4) is 0 Å². The number of nitrogens with one attached hydrogen (secondary N) is 1. The molecule has 0 aliphatic heterocycles. The summed E-state index contributed by atoms with van der Waals surface area (Å²) in [4.78, 5) is 8.21. The molecule has 0 aliphatic carbocycles. The minimum absolute atomic E-state index is 0.370. The molecular formula is C7H6N8. The Morgan fingerprint density at radius 1 is 1.40 bits per heavy atom. The molecule has 0 atom stereocenters. The quantitative estimate of drug-likeness (QED) is 0.549. The summed E-state index contributed by atoms with van der Waals surface area (Å²) in [5, 5.41) is 13.5. The Balaban J connectivity index is 2.27. The van der Waals surface area contributed by atoms with Gasteiger partial charge in [0, 0.05) is 12.4 Å². The molecule has 0 fully saturated rings. The first-order valence-electron chi connectivity index (χ1n) is 4.18. The minimum atomic E-state index is 0.370. The molecular weight excluding hydrogens is 196 g/mol. The van der Waals surface area contributed by atoms with E-state index < -0.39 is 0 Å². The molecule has 0 aliphatic rings. The number of tetrazole rings is 1. The summed E-state index contributed by atoms with van der Waals surface area (Å²) in [7, 11) is 0. The van der Waals surface area contributed by atoms with Gasteiger partial charge in [-0.1, -0.05) is 0 Å². The van der Waals surface area contributed by atoms with Crippen molar-refractivity contribution in [3.05, 3.63) is 18.5 Å². The number of imidazole rings is 1. The van der Waals surface area contributed by atoms with Crippen LogP contribution in [-0.4, -0.2) is 35.0 Å². The lowest BCUT2D eigenvalue weighted by Gasteiger charge is -1.94. The SMILES string of the molecule is Nc1nccc2nc(-c3nn[nH]n3)cn12. The average Bonchev–Trinajstić information content (AvgIpc) is 2.86. The summed E-state index contributed by atoms with van der Waals surface area (Å²) in [6.07, 6.45) is 3.31. The molecule has 8 heteroatoms. The van der Waals surface area contributed by atoms with Gasteiger partial charge in [0.2, 0.25) is 11.8 Å². The third-order valence-corrected chi connectivity index (χ3v) is 1.98. The van der Waals surface area contributed by atoms with E-state index in [1.807, 2.05) is 0 Å². The molecule has 0 bridgehead atoms. The number of aromatic nitrogens is 7. The van der Waals surface area contributed by atoms with Crippen molar-refractivity contribution in [2.45, 2.75) is 0 Å². The van der Waals surface area contributed by atoms with Gasteiger partial charge in [-0.15, -0.1) is 10.2 Å². The largest absolute Gasteiger partial charge is 0.369 e. The van der Waals surface area contributed by atoms with Crippen molar-refractivity contribution in [1.29, 1.82) is 0 Å². The highest BCUT2D eigenvalue weighted by atomic mass is 15.5. The van der Waals surface area contributed by atoms with E-state index in [1.165, 1.54) is 0 Å². The first-order chi connectivity index (χ1) is 7.34. The highest BCUT2D eigenvalue weighted by Gasteiger charge is 2.09. The lowest BCUT2D eigenvalue weighted by atomic mass is 10.5. The third-order valence-electron chi connectivity index (χ3n) is 1.98. The number of nitrogen functional groups attached to an aromatic ring is 1. The lowest BCUT2D eigenvalue weighted by Crippen LogP contribution is -1.97. The molecule has 0 saturated carbocycles. The van der Waals surface area contributed by atoms with Crippen molar-refractivity contribution in [3.8, 4) is 11.5 Å². The molecule has 3 heterocycles. The Morgan fingerprint density at radius 2 is 2.33 bits per heavy atom. The molecule has 74 valence electrons. The minimum Gasteiger partial charge on any atom is -0.369 e. The van der Waals surface area contributed by atoms with E-state index in [1.54, 1.807) is 22.9 Å². The summed E-state index contributed by atoms with van der Waals surface area (Å²) < 4.78 is 1.66. The predicted molar refractivity (Wildman–Crippen MR) is 50.6 cm³/mol. The Labute approximate surface area is 83.2 Å². The zero-order chi connectivity index (χ0) is 10.3. The van der Waals surface area contributed by atoms with Crippen LogP contribution in [0.2, 0.25) is 0 Å². The van der Waals surface area contributed by atoms with Gasteiger partial charge in [0.25, 0.3) is 0 Å². The molecule has 3 N–H and O–H groups in total. The topological polar surface area (TPSA) is 111 Å². The Hall–Kier alpha value is -2.51. The highest BCUT2D eigenvalue weighted by Crippen LogP contribution is 2.14. The van der Waals surface area contributed by atoms with Gasteiger partial charge in [-0.3, -0.25) is 4.40 Å². The molecule has 8 nitrogen and oxygen atoms in total. The second kappa shape index (κ2) is 2.74. The van der Waals surface area contributed by atoms with Gasteiger partial charge in [0.1, 0.15) is 11.3 Å². The van der Waals surface area contributed by atoms with Gasteiger partial charge in [-0.25, -0.2) is 9.97 Å². The maximum absolute atomic E-state index is 5.67. The zero-order valence-corrected chi connectivity index (χ0v) is 7.49. The number of fused-ring (bicyclic) bond motifs is 1. The lowest BCUT2D eigenvalue weighted by molar-refractivity contribution is 0.881. The highest BCUT2D eigenvalue weighted by molar-refractivity contribution is 5.56. The van der Waals surface area contributed by atoms with Crippen LogP contribution in [0.25, 0.3) is 17.2 Å². The van der Waals surface area contributed by atoms with Crippen molar-refractivity contribution in [2.75, 3.05) is 5.73 Å². The Bertz CT molecular complexity index is 595. The van der Waals surface area contributed by atoms with E-state index in [0.717, 1.165) is 0 Å². The van der Waals surface area contributed by atoms with E-state index in [9.17, 15) is 0 Å². The number of aromatic amines is 1. The molecule has 0 unspecified atom stereocenters. The van der Waals surface area contributed by atoms with Gasteiger partial charge in [0.15, 0.2) is 0 Å². The van der Waals surface area contributed by atoms with Gasteiger partial charge < -0.3 is 5.73 Å². The number of anilines is 1. The second-order valence-electron chi connectivity index (χ2n) is 2.89. The van der Waals surface area contributed by atoms with Crippen LogP contribution in [0.1, 0.15) is 0 Å². The maximum Gasteiger partial charge on any atom is 0.224 e. The average molecular weight is 202 g/mol. The number of nitrogens with two attached hydrogens (primary N) is 1. The van der Waals surface area contributed by atoms with Crippen LogP contribution < -0.4 is 5.73 Å². The van der Waals surface area contributed by atoms with Crippen molar-refractivity contribution in [1.82, 2.24) is 35.0 Å². The first kappa shape index (κ1) is 7.85. The Morgan fingerprint density at radius 3 is 3.07 bits per heavy atom. The molecule has 15 heavy (non-hydrogen) atoms. The number of rotatable bonds is 1. The molecule has 0 spiro atoms. The molecule has 0 amide bonds. The van der Waals surface area contributed by atoms with Crippen molar-refractivity contribution >= 4 is 11.6 Å². The monoisotopic (exact) mass is 202 g/mol. The normalized spacial score (nSPS) is 10.9. The summed E-state index contributed by atoms with van der Waals surface area (Å²) in [6, 6.07) is 1.75. The number of hydrogen-bond acceptors (Lipinski definition) is 6. The fourth-order valence-corrected chi connectivity index (χ4v) is 1.32. The van der Waals surface area contributed by atoms with Gasteiger partial charge in [-0.05, 0) is 11.3 Å². The van der Waals surface area contributed by atoms with E-state index >= 15 is 0 Å². The van der Waals surface area contributed by atoms with Crippen molar-refractivity contribution in [3.63, 3.8) is 0 Å². The van der Waals surface area contributed by atoms with Crippen LogP contribution in [0, 0.1) is 0 Å². The number of H-pyrrole nitrogens is 1. The van der Waals surface area contributed by atoms with Crippen LogP contribution in [0.15, 0.2) is 18.5 Å². The first-order valence-corrected chi connectivity index (χ1v) is 4.18. The summed E-state index contributed by atoms with van der Waals surface area (Å²) in [5.74, 6) is 0.799. The summed E-state index contributed by atoms with van der Waals surface area (Å²) in [6.45, 7) is 0. The van der Waals surface area contributed by atoms with Gasteiger partial charge >= 0.3 is 0 Å².